The number of para-hydroxylation sites is 1. The minimum Gasteiger partial charge on any atom is -0.323 e. The first-order valence-electron chi connectivity index (χ1n) is 5.75. The molecule has 0 saturated carbocycles. The molecular formula is C14H14BrN3O. The van der Waals surface area contributed by atoms with E-state index in [1.54, 1.807) is 18.2 Å². The van der Waals surface area contributed by atoms with Gasteiger partial charge in [0.05, 0.1) is 16.9 Å². The molecule has 2 rings (SSSR count). The largest absolute Gasteiger partial charge is 0.323 e. The third kappa shape index (κ3) is 2.94. The first-order valence-corrected chi connectivity index (χ1v) is 6.55. The third-order valence-electron chi connectivity index (χ3n) is 2.77. The topological polar surface area (TPSA) is 67.2 Å². The van der Waals surface area contributed by atoms with E-state index in [1.165, 1.54) is 0 Å². The summed E-state index contributed by atoms with van der Waals surface area (Å²) in [5.41, 5.74) is 5.39. The summed E-state index contributed by atoms with van der Waals surface area (Å²) in [6, 6.07) is 12.8. The van der Waals surface area contributed by atoms with E-state index in [0.717, 1.165) is 15.7 Å². The van der Waals surface area contributed by atoms with E-state index in [4.69, 9.17) is 5.84 Å². The lowest BCUT2D eigenvalue weighted by Crippen LogP contribution is -2.17. The normalized spacial score (nSPS) is 10.1. The van der Waals surface area contributed by atoms with E-state index in [2.05, 4.69) is 26.7 Å². The van der Waals surface area contributed by atoms with Crippen molar-refractivity contribution in [1.82, 2.24) is 0 Å². The van der Waals surface area contributed by atoms with E-state index >= 15 is 0 Å². The van der Waals surface area contributed by atoms with Gasteiger partial charge in [0.2, 0.25) is 0 Å². The van der Waals surface area contributed by atoms with Gasteiger partial charge in [-0.25, -0.2) is 0 Å². The second-order valence-corrected chi connectivity index (χ2v) is 4.87. The van der Waals surface area contributed by atoms with Crippen LogP contribution in [-0.2, 0) is 0 Å². The van der Waals surface area contributed by atoms with Gasteiger partial charge < -0.3 is 10.7 Å². The number of benzene rings is 2. The summed E-state index contributed by atoms with van der Waals surface area (Å²) in [6.45, 7) is 1.97. The zero-order chi connectivity index (χ0) is 13.8. The molecule has 0 atom stereocenters. The lowest BCUT2D eigenvalue weighted by atomic mass is 10.1. The van der Waals surface area contributed by atoms with Crippen molar-refractivity contribution in [2.24, 2.45) is 5.84 Å². The van der Waals surface area contributed by atoms with Gasteiger partial charge in [0.1, 0.15) is 0 Å². The molecule has 0 spiro atoms. The summed E-state index contributed by atoms with van der Waals surface area (Å²) in [4.78, 5) is 12.2. The first kappa shape index (κ1) is 13.6. The first-order chi connectivity index (χ1) is 9.13. The Balaban J connectivity index is 2.28. The Morgan fingerprint density at radius 3 is 2.53 bits per heavy atom. The lowest BCUT2D eigenvalue weighted by Gasteiger charge is -2.11. The minimum absolute atomic E-state index is 0.208. The highest BCUT2D eigenvalue weighted by Crippen LogP contribution is 2.26. The number of hydrogen-bond donors (Lipinski definition) is 3. The van der Waals surface area contributed by atoms with Crippen molar-refractivity contribution in [3.63, 3.8) is 0 Å². The number of nitrogens with one attached hydrogen (secondary N) is 2. The number of amides is 1. The smallest absolute Gasteiger partial charge is 0.257 e. The van der Waals surface area contributed by atoms with Gasteiger partial charge in [-0.15, -0.1) is 0 Å². The average molecular weight is 320 g/mol. The van der Waals surface area contributed by atoms with Crippen LogP contribution in [0.1, 0.15) is 15.9 Å². The zero-order valence-corrected chi connectivity index (χ0v) is 12.0. The van der Waals surface area contributed by atoms with Crippen molar-refractivity contribution >= 4 is 33.2 Å². The number of anilines is 2. The quantitative estimate of drug-likeness (QED) is 0.600. The number of nitrogens with two attached hydrogens (primary N) is 1. The maximum atomic E-state index is 12.2. The number of aryl methyl sites for hydroxylation is 1. The molecule has 0 fully saturated rings. The number of halogens is 1. The molecule has 0 aromatic heterocycles. The van der Waals surface area contributed by atoms with Crippen molar-refractivity contribution in [1.29, 1.82) is 0 Å². The van der Waals surface area contributed by atoms with Crippen LogP contribution in [0.4, 0.5) is 11.4 Å². The van der Waals surface area contributed by atoms with Crippen LogP contribution in [0.15, 0.2) is 46.9 Å². The van der Waals surface area contributed by atoms with Crippen molar-refractivity contribution in [2.45, 2.75) is 6.92 Å². The molecule has 0 heterocycles. The number of nitrogen functional groups attached to an aromatic ring is 1. The highest BCUT2D eigenvalue weighted by atomic mass is 79.9. The second kappa shape index (κ2) is 5.86. The maximum Gasteiger partial charge on any atom is 0.257 e. The van der Waals surface area contributed by atoms with Gasteiger partial charge in [0.25, 0.3) is 5.91 Å². The Bertz CT molecular complexity index is 613. The monoisotopic (exact) mass is 319 g/mol. The summed E-state index contributed by atoms with van der Waals surface area (Å²) in [5, 5.41) is 2.86. The van der Waals surface area contributed by atoms with Crippen LogP contribution in [0.5, 0.6) is 0 Å². The average Bonchev–Trinajstić information content (AvgIpc) is 2.43. The summed E-state index contributed by atoms with van der Waals surface area (Å²) in [6.07, 6.45) is 0. The Hall–Kier alpha value is -1.85. The summed E-state index contributed by atoms with van der Waals surface area (Å²) >= 11 is 3.46. The van der Waals surface area contributed by atoms with Crippen molar-refractivity contribution < 1.29 is 4.79 Å². The number of carbonyl (C=O) groups excluding carboxylic acids is 1. The fourth-order valence-electron chi connectivity index (χ4n) is 1.74. The van der Waals surface area contributed by atoms with Gasteiger partial charge in [-0.1, -0.05) is 24.3 Å². The summed E-state index contributed by atoms with van der Waals surface area (Å²) in [5.74, 6) is 5.19. The van der Waals surface area contributed by atoms with Crippen LogP contribution in [0, 0.1) is 6.92 Å². The molecule has 19 heavy (non-hydrogen) atoms. The van der Waals surface area contributed by atoms with E-state index in [9.17, 15) is 4.79 Å². The Kier molecular flexibility index (Phi) is 4.19. The van der Waals surface area contributed by atoms with Crippen LogP contribution in [0.25, 0.3) is 0 Å². The molecular weight excluding hydrogens is 306 g/mol. The van der Waals surface area contributed by atoms with E-state index in [1.807, 2.05) is 31.2 Å². The van der Waals surface area contributed by atoms with Crippen molar-refractivity contribution in [3.05, 3.63) is 58.1 Å². The van der Waals surface area contributed by atoms with Crippen LogP contribution in [0.3, 0.4) is 0 Å². The molecule has 98 valence electrons. The summed E-state index contributed by atoms with van der Waals surface area (Å²) < 4.78 is 0.876. The Morgan fingerprint density at radius 2 is 1.79 bits per heavy atom. The second-order valence-electron chi connectivity index (χ2n) is 4.08. The molecule has 0 radical (unpaired) electrons. The highest BCUT2D eigenvalue weighted by molar-refractivity contribution is 9.10. The number of carbonyl (C=O) groups is 1. The molecule has 5 heteroatoms. The van der Waals surface area contributed by atoms with E-state index in [0.29, 0.717) is 11.3 Å². The van der Waals surface area contributed by atoms with Gasteiger partial charge in [-0.05, 0) is 46.6 Å². The molecule has 2 aromatic rings. The van der Waals surface area contributed by atoms with E-state index < -0.39 is 0 Å². The summed E-state index contributed by atoms with van der Waals surface area (Å²) in [7, 11) is 0. The maximum absolute atomic E-state index is 12.2. The predicted molar refractivity (Wildman–Crippen MR) is 81.1 cm³/mol. The molecule has 0 bridgehead atoms. The molecule has 1 amide bonds. The van der Waals surface area contributed by atoms with Crippen molar-refractivity contribution in [3.8, 4) is 0 Å². The molecule has 2 aromatic carbocycles. The predicted octanol–water partition coefficient (Wildman–Crippen LogP) is 3.30. The van der Waals surface area contributed by atoms with Crippen molar-refractivity contribution in [2.75, 3.05) is 10.7 Å². The molecule has 0 aliphatic carbocycles. The lowest BCUT2D eigenvalue weighted by molar-refractivity contribution is 0.102. The number of hydrazine groups is 1. The molecule has 4 N–H and O–H groups in total. The fraction of sp³-hybridized carbons (Fsp3) is 0.0714. The van der Waals surface area contributed by atoms with Gasteiger partial charge in [0, 0.05) is 4.47 Å². The minimum atomic E-state index is -0.208. The SMILES string of the molecule is Cc1cccc(NC(=O)c2ccccc2NN)c1Br. The molecule has 0 aliphatic rings. The molecule has 0 unspecified atom stereocenters. The molecule has 0 aliphatic heterocycles. The van der Waals surface area contributed by atoms with Gasteiger partial charge in [-0.2, -0.15) is 0 Å². The van der Waals surface area contributed by atoms with Crippen LogP contribution in [-0.4, -0.2) is 5.91 Å². The highest BCUT2D eigenvalue weighted by Gasteiger charge is 2.12. The van der Waals surface area contributed by atoms with E-state index in [-0.39, 0.29) is 5.91 Å². The fourth-order valence-corrected chi connectivity index (χ4v) is 2.10. The third-order valence-corrected chi connectivity index (χ3v) is 3.82. The molecule has 0 saturated heterocycles. The Morgan fingerprint density at radius 1 is 1.11 bits per heavy atom. The standard InChI is InChI=1S/C14H14BrN3O/c1-9-5-4-8-12(13(9)15)17-14(19)10-6-2-3-7-11(10)18-16/h2-8,18H,16H2,1H3,(H,17,19). The zero-order valence-electron chi connectivity index (χ0n) is 10.4. The van der Waals surface area contributed by atoms with Gasteiger partial charge in [-0.3, -0.25) is 10.6 Å². The number of hydrogen-bond acceptors (Lipinski definition) is 3. The molecule has 4 nitrogen and oxygen atoms in total. The van der Waals surface area contributed by atoms with Gasteiger partial charge >= 0.3 is 0 Å². The van der Waals surface area contributed by atoms with Crippen LogP contribution < -0.4 is 16.6 Å². The number of rotatable bonds is 3. The van der Waals surface area contributed by atoms with Crippen LogP contribution in [0.2, 0.25) is 0 Å². The van der Waals surface area contributed by atoms with Gasteiger partial charge in [0.15, 0.2) is 0 Å². The Labute approximate surface area is 120 Å². The van der Waals surface area contributed by atoms with Crippen LogP contribution >= 0.6 is 15.9 Å².